The lowest BCUT2D eigenvalue weighted by Crippen LogP contribution is -2.45. The van der Waals surface area contributed by atoms with E-state index in [1.165, 1.54) is 17.7 Å². The van der Waals surface area contributed by atoms with E-state index < -0.39 is 0 Å². The zero-order valence-corrected chi connectivity index (χ0v) is 12.9. The molecule has 1 saturated heterocycles. The first kappa shape index (κ1) is 13.8. The Morgan fingerprint density at radius 2 is 2.09 bits per heavy atom. The van der Waals surface area contributed by atoms with Crippen LogP contribution in [-0.2, 0) is 12.8 Å². The van der Waals surface area contributed by atoms with E-state index in [2.05, 4.69) is 27.7 Å². The van der Waals surface area contributed by atoms with Gasteiger partial charge in [-0.05, 0) is 30.9 Å². The van der Waals surface area contributed by atoms with E-state index in [4.69, 9.17) is 10.8 Å². The van der Waals surface area contributed by atoms with Gasteiger partial charge in [-0.3, -0.25) is 4.90 Å². The minimum Gasteiger partial charge on any atom is -0.394 e. The number of aryl methyl sites for hydroxylation is 2. The molecule has 0 atom stereocenters. The molecular weight excluding hydrogens is 276 g/mol. The Morgan fingerprint density at radius 1 is 1.23 bits per heavy atom. The fraction of sp³-hybridized carbons (Fsp3) is 0.562. The summed E-state index contributed by atoms with van der Waals surface area (Å²) in [5.41, 5.74) is 10.8. The molecule has 4 rings (SSSR count). The average molecular weight is 300 g/mol. The maximum absolute atomic E-state index is 6.28. The molecule has 3 heterocycles. The second-order valence-corrected chi connectivity index (χ2v) is 6.24. The molecule has 0 saturated carbocycles. The van der Waals surface area contributed by atoms with Gasteiger partial charge in [0, 0.05) is 45.0 Å². The number of rotatable bonds is 4. The fourth-order valence-corrected chi connectivity index (χ4v) is 3.56. The molecule has 2 aromatic heterocycles. The van der Waals surface area contributed by atoms with Gasteiger partial charge in [0.25, 0.3) is 0 Å². The number of hydrogen-bond donors (Lipinski definition) is 3. The molecule has 0 unspecified atom stereocenters. The summed E-state index contributed by atoms with van der Waals surface area (Å²) >= 11 is 0. The van der Waals surface area contributed by atoms with Crippen molar-refractivity contribution in [3.63, 3.8) is 0 Å². The lowest BCUT2D eigenvalue weighted by atomic mass is 10.2. The van der Waals surface area contributed by atoms with Crippen molar-refractivity contribution in [1.29, 1.82) is 0 Å². The quantitative estimate of drug-likeness (QED) is 0.776. The van der Waals surface area contributed by atoms with Gasteiger partial charge in [0.05, 0.1) is 5.52 Å². The van der Waals surface area contributed by atoms with Crippen LogP contribution in [0.3, 0.4) is 0 Å². The van der Waals surface area contributed by atoms with Crippen LogP contribution in [0, 0.1) is 0 Å². The molecule has 0 amide bonds. The fourth-order valence-electron chi connectivity index (χ4n) is 3.56. The Balaban J connectivity index is 1.48. The largest absolute Gasteiger partial charge is 0.394 e. The third-order valence-corrected chi connectivity index (χ3v) is 4.82. The molecule has 118 valence electrons. The van der Waals surface area contributed by atoms with Crippen LogP contribution in [-0.4, -0.2) is 53.8 Å². The smallest absolute Gasteiger partial charge is 0.172 e. The highest BCUT2D eigenvalue weighted by Gasteiger charge is 2.18. The van der Waals surface area contributed by atoms with Gasteiger partial charge in [-0.25, -0.2) is 4.52 Å². The number of fused-ring (bicyclic) bond motifs is 3. The van der Waals surface area contributed by atoms with E-state index in [1.807, 2.05) is 4.52 Å². The number of aromatic nitrogens is 2. The Bertz CT molecular complexity index is 671. The van der Waals surface area contributed by atoms with Crippen LogP contribution >= 0.6 is 0 Å². The molecule has 2 aliphatic rings. The molecule has 6 nitrogen and oxygen atoms in total. The van der Waals surface area contributed by atoms with Crippen molar-refractivity contribution < 1.29 is 0 Å². The minimum absolute atomic E-state index is 0.773. The first-order chi connectivity index (χ1) is 10.8. The number of nitrogens with one attached hydrogen (secondary N) is 2. The Hall–Kier alpha value is -1.79. The summed E-state index contributed by atoms with van der Waals surface area (Å²) in [6.45, 7) is 6.33. The van der Waals surface area contributed by atoms with Crippen molar-refractivity contribution in [2.24, 2.45) is 0 Å². The highest BCUT2D eigenvalue weighted by molar-refractivity contribution is 5.81. The summed E-state index contributed by atoms with van der Waals surface area (Å²) in [6.07, 6.45) is 3.49. The van der Waals surface area contributed by atoms with Crippen LogP contribution in [0.1, 0.15) is 17.7 Å². The van der Waals surface area contributed by atoms with Crippen molar-refractivity contribution in [3.05, 3.63) is 23.4 Å². The molecule has 1 fully saturated rings. The van der Waals surface area contributed by atoms with Crippen molar-refractivity contribution in [1.82, 2.24) is 19.8 Å². The van der Waals surface area contributed by atoms with Crippen molar-refractivity contribution >= 4 is 17.0 Å². The van der Waals surface area contributed by atoms with Gasteiger partial charge in [-0.1, -0.05) is 6.07 Å². The van der Waals surface area contributed by atoms with Gasteiger partial charge >= 0.3 is 0 Å². The number of nitrogen functional groups attached to an aromatic ring is 1. The summed E-state index contributed by atoms with van der Waals surface area (Å²) < 4.78 is 2.05. The van der Waals surface area contributed by atoms with Crippen LogP contribution in [0.15, 0.2) is 12.1 Å². The van der Waals surface area contributed by atoms with Crippen molar-refractivity contribution in [3.8, 4) is 0 Å². The number of nitrogens with two attached hydrogens (primary N) is 1. The summed E-state index contributed by atoms with van der Waals surface area (Å²) in [7, 11) is 0. The molecule has 6 heteroatoms. The van der Waals surface area contributed by atoms with Gasteiger partial charge in [-0.15, -0.1) is 5.10 Å². The Labute approximate surface area is 130 Å². The first-order valence-corrected chi connectivity index (χ1v) is 8.29. The normalized spacial score (nSPS) is 18.7. The molecule has 0 spiro atoms. The standard InChI is InChI=1S/C16H24N6/c17-15-14-5-4-12-2-1-3-13(12)22(14)20-16(15)19-8-11-21-9-6-18-7-10-21/h4-5,18H,1-3,6-11,17H2,(H,19,20). The van der Waals surface area contributed by atoms with Gasteiger partial charge in [0.2, 0.25) is 0 Å². The lowest BCUT2D eigenvalue weighted by molar-refractivity contribution is 0.249. The predicted molar refractivity (Wildman–Crippen MR) is 89.4 cm³/mol. The van der Waals surface area contributed by atoms with E-state index >= 15 is 0 Å². The zero-order chi connectivity index (χ0) is 14.9. The van der Waals surface area contributed by atoms with Crippen molar-refractivity contribution in [2.45, 2.75) is 19.3 Å². The van der Waals surface area contributed by atoms with E-state index in [0.29, 0.717) is 0 Å². The zero-order valence-electron chi connectivity index (χ0n) is 12.9. The Kier molecular flexibility index (Phi) is 3.63. The van der Waals surface area contributed by atoms with Crippen molar-refractivity contribution in [2.75, 3.05) is 50.3 Å². The van der Waals surface area contributed by atoms with Crippen LogP contribution in [0.4, 0.5) is 11.5 Å². The molecule has 0 bridgehead atoms. The molecule has 2 aromatic rings. The number of nitrogens with zero attached hydrogens (tertiary/aromatic N) is 3. The van der Waals surface area contributed by atoms with Gasteiger partial charge < -0.3 is 16.4 Å². The molecule has 0 aromatic carbocycles. The molecule has 1 aliphatic carbocycles. The van der Waals surface area contributed by atoms with Gasteiger partial charge in [0.1, 0.15) is 5.69 Å². The number of hydrogen-bond acceptors (Lipinski definition) is 5. The second-order valence-electron chi connectivity index (χ2n) is 6.24. The minimum atomic E-state index is 0.773. The number of piperazine rings is 1. The number of anilines is 2. The third kappa shape index (κ3) is 2.42. The maximum Gasteiger partial charge on any atom is 0.172 e. The molecule has 22 heavy (non-hydrogen) atoms. The summed E-state index contributed by atoms with van der Waals surface area (Å²) in [6, 6.07) is 4.31. The Morgan fingerprint density at radius 3 is 2.95 bits per heavy atom. The second kappa shape index (κ2) is 5.78. The monoisotopic (exact) mass is 300 g/mol. The molecule has 1 aliphatic heterocycles. The average Bonchev–Trinajstić information content (AvgIpc) is 3.14. The van der Waals surface area contributed by atoms with E-state index in [0.717, 1.165) is 69.1 Å². The van der Waals surface area contributed by atoms with Crippen LogP contribution < -0.4 is 16.4 Å². The molecule has 0 radical (unpaired) electrons. The van der Waals surface area contributed by atoms with Gasteiger partial charge in [-0.2, -0.15) is 0 Å². The maximum atomic E-state index is 6.28. The van der Waals surface area contributed by atoms with Crippen LogP contribution in [0.25, 0.3) is 5.52 Å². The van der Waals surface area contributed by atoms with Gasteiger partial charge in [0.15, 0.2) is 5.82 Å². The summed E-state index contributed by atoms with van der Waals surface area (Å²) in [4.78, 5) is 2.47. The van der Waals surface area contributed by atoms with Crippen LogP contribution in [0.2, 0.25) is 0 Å². The molecule has 4 N–H and O–H groups in total. The predicted octanol–water partition coefficient (Wildman–Crippen LogP) is 0.722. The third-order valence-electron chi connectivity index (χ3n) is 4.82. The highest BCUT2D eigenvalue weighted by atomic mass is 15.3. The SMILES string of the molecule is Nc1c(NCCN2CCNCC2)nn2c3c(ccc12)CCC3. The molecular formula is C16H24N6. The highest BCUT2D eigenvalue weighted by Crippen LogP contribution is 2.29. The lowest BCUT2D eigenvalue weighted by Gasteiger charge is -2.27. The number of pyridine rings is 1. The van der Waals surface area contributed by atoms with E-state index in [9.17, 15) is 0 Å². The van der Waals surface area contributed by atoms with Crippen LogP contribution in [0.5, 0.6) is 0 Å². The van der Waals surface area contributed by atoms with E-state index in [-0.39, 0.29) is 0 Å². The first-order valence-electron chi connectivity index (χ1n) is 8.29. The topological polar surface area (TPSA) is 70.6 Å². The summed E-state index contributed by atoms with van der Waals surface area (Å²) in [5.74, 6) is 0.829. The summed E-state index contributed by atoms with van der Waals surface area (Å²) in [5, 5.41) is 11.5. The van der Waals surface area contributed by atoms with E-state index in [1.54, 1.807) is 0 Å².